The monoisotopic (exact) mass is 820 g/mol. The molecule has 0 saturated carbocycles. The Bertz CT molecular complexity index is 1330. The fourth-order valence-corrected chi connectivity index (χ4v) is 8.74. The summed E-state index contributed by atoms with van der Waals surface area (Å²) < 4.78 is 5.46. The third-order valence-electron chi connectivity index (χ3n) is 6.12. The van der Waals surface area contributed by atoms with E-state index in [0.717, 1.165) is 0 Å². The van der Waals surface area contributed by atoms with Crippen molar-refractivity contribution in [2.24, 2.45) is 5.41 Å². The predicted molar refractivity (Wildman–Crippen MR) is 157 cm³/mol. The molecule has 0 aromatic heterocycles. The Balaban J connectivity index is 1.68. The molecule has 29 heavy (non-hydrogen) atoms. The van der Waals surface area contributed by atoms with Crippen LogP contribution in [0, 0.1) is 8.99 Å². The first-order valence-electron chi connectivity index (χ1n) is 9.23. The summed E-state index contributed by atoms with van der Waals surface area (Å²) in [6.45, 7) is 0. The van der Waals surface area contributed by atoms with Gasteiger partial charge in [-0.3, -0.25) is 0 Å². The zero-order chi connectivity index (χ0) is 19.9. The van der Waals surface area contributed by atoms with Crippen molar-refractivity contribution in [2.75, 3.05) is 0 Å². The van der Waals surface area contributed by atoms with E-state index in [1.54, 1.807) is 0 Å². The number of allylic oxidation sites excluding steroid dienone is 10. The SMILES string of the molecule is IC1=C2C(=Cc3cccc(I)c32)C2(C=CC=C3C2=Cc2ccccc23)C(I)=C1I. The molecule has 0 amide bonds. The Labute approximate surface area is 224 Å². The maximum absolute atomic E-state index is 2.60. The summed E-state index contributed by atoms with van der Waals surface area (Å²) in [7, 11) is 0. The first kappa shape index (κ1) is 19.5. The van der Waals surface area contributed by atoms with Gasteiger partial charge in [-0.15, -0.1) is 0 Å². The number of rotatable bonds is 0. The second-order valence-corrected chi connectivity index (χ2v) is 11.9. The van der Waals surface area contributed by atoms with Crippen LogP contribution in [-0.2, 0) is 0 Å². The van der Waals surface area contributed by atoms with Crippen LogP contribution in [0.1, 0.15) is 22.3 Å². The van der Waals surface area contributed by atoms with Crippen molar-refractivity contribution in [3.63, 3.8) is 0 Å². The van der Waals surface area contributed by atoms with Crippen LogP contribution in [0.4, 0.5) is 0 Å². The lowest BCUT2D eigenvalue weighted by molar-refractivity contribution is 0.746. The molecule has 1 spiro atoms. The minimum atomic E-state index is -0.216. The zero-order valence-electron chi connectivity index (χ0n) is 14.9. The zero-order valence-corrected chi connectivity index (χ0v) is 23.6. The average molecular weight is 820 g/mol. The molecule has 4 aliphatic rings. The average Bonchev–Trinajstić information content (AvgIpc) is 3.31. The van der Waals surface area contributed by atoms with Crippen LogP contribution in [-0.4, -0.2) is 0 Å². The summed E-state index contributed by atoms with van der Waals surface area (Å²) in [6.07, 6.45) is 11.8. The molecule has 0 heterocycles. The normalized spacial score (nSPS) is 23.5. The van der Waals surface area contributed by atoms with Gasteiger partial charge in [-0.25, -0.2) is 0 Å². The summed E-state index contributed by atoms with van der Waals surface area (Å²) in [6, 6.07) is 15.4. The van der Waals surface area contributed by atoms with Crippen LogP contribution in [0.5, 0.6) is 0 Å². The molecule has 2 aromatic carbocycles. The topological polar surface area (TPSA) is 0 Å². The summed E-state index contributed by atoms with van der Waals surface area (Å²) >= 11 is 10.2. The summed E-state index contributed by atoms with van der Waals surface area (Å²) in [5.41, 5.74) is 10.8. The van der Waals surface area contributed by atoms with Gasteiger partial charge in [0.25, 0.3) is 0 Å². The molecule has 2 aromatic rings. The van der Waals surface area contributed by atoms with Gasteiger partial charge in [-0.2, -0.15) is 0 Å². The standard InChI is InChI=1S/C25H12I4/c26-19-9-3-6-14-12-18-21(20(14)19)22(27)23(28)24(29)25(18)10-4-8-16-15-7-2-1-5-13(15)11-17(16)25/h1-12H. The Hall–Kier alpha value is -0.200. The number of fused-ring (bicyclic) bond motifs is 8. The van der Waals surface area contributed by atoms with Crippen LogP contribution in [0.3, 0.4) is 0 Å². The lowest BCUT2D eigenvalue weighted by Gasteiger charge is -2.41. The van der Waals surface area contributed by atoms with E-state index in [9.17, 15) is 0 Å². The minimum absolute atomic E-state index is 0.216. The highest BCUT2D eigenvalue weighted by atomic mass is 127. The van der Waals surface area contributed by atoms with Crippen LogP contribution >= 0.6 is 90.4 Å². The maximum Gasteiger partial charge on any atom is 0.0716 e. The first-order chi connectivity index (χ1) is 14.0. The number of halogens is 4. The molecule has 4 heteroatoms. The van der Waals surface area contributed by atoms with Crippen molar-refractivity contribution in [3.8, 4) is 0 Å². The number of benzene rings is 2. The van der Waals surface area contributed by atoms with E-state index < -0.39 is 0 Å². The molecule has 0 aliphatic heterocycles. The lowest BCUT2D eigenvalue weighted by atomic mass is 9.65. The highest BCUT2D eigenvalue weighted by molar-refractivity contribution is 14.1. The third-order valence-corrected chi connectivity index (χ3v) is 12.6. The van der Waals surface area contributed by atoms with Crippen molar-refractivity contribution in [1.29, 1.82) is 0 Å². The van der Waals surface area contributed by atoms with E-state index in [4.69, 9.17) is 0 Å². The van der Waals surface area contributed by atoms with Crippen molar-refractivity contribution >= 4 is 114 Å². The second-order valence-electron chi connectivity index (χ2n) is 7.47. The Kier molecular flexibility index (Phi) is 4.63. The molecule has 0 radical (unpaired) electrons. The van der Waals surface area contributed by atoms with E-state index >= 15 is 0 Å². The largest absolute Gasteiger partial charge is 0.0716 e. The van der Waals surface area contributed by atoms with Gasteiger partial charge < -0.3 is 0 Å². The molecular formula is C25H12I4. The van der Waals surface area contributed by atoms with Gasteiger partial charge in [0.15, 0.2) is 0 Å². The summed E-state index contributed by atoms with van der Waals surface area (Å²) in [5.74, 6) is 0. The first-order valence-corrected chi connectivity index (χ1v) is 13.5. The minimum Gasteiger partial charge on any atom is -0.0647 e. The van der Waals surface area contributed by atoms with Gasteiger partial charge in [0.1, 0.15) is 0 Å². The number of hydrogen-bond donors (Lipinski definition) is 0. The smallest absolute Gasteiger partial charge is 0.0647 e. The lowest BCUT2D eigenvalue weighted by Crippen LogP contribution is -2.28. The highest BCUT2D eigenvalue weighted by Gasteiger charge is 2.50. The third kappa shape index (κ3) is 2.51. The molecule has 4 aliphatic carbocycles. The summed E-state index contributed by atoms with van der Waals surface area (Å²) in [5, 5.41) is 0. The van der Waals surface area contributed by atoms with E-state index in [-0.39, 0.29) is 5.41 Å². The van der Waals surface area contributed by atoms with Gasteiger partial charge >= 0.3 is 0 Å². The summed E-state index contributed by atoms with van der Waals surface area (Å²) in [4.78, 5) is 0. The van der Waals surface area contributed by atoms with Crippen LogP contribution in [0.2, 0.25) is 0 Å². The highest BCUT2D eigenvalue weighted by Crippen LogP contribution is 2.66. The van der Waals surface area contributed by atoms with Crippen molar-refractivity contribution in [1.82, 2.24) is 0 Å². The van der Waals surface area contributed by atoms with Gasteiger partial charge in [0.2, 0.25) is 0 Å². The number of hydrogen-bond acceptors (Lipinski definition) is 0. The Morgan fingerprint density at radius 3 is 2.34 bits per heavy atom. The molecule has 6 rings (SSSR count). The maximum atomic E-state index is 2.60. The van der Waals surface area contributed by atoms with Gasteiger partial charge in [0, 0.05) is 25.4 Å². The Morgan fingerprint density at radius 2 is 1.48 bits per heavy atom. The molecule has 1 unspecified atom stereocenters. The van der Waals surface area contributed by atoms with E-state index in [1.807, 2.05) is 0 Å². The van der Waals surface area contributed by atoms with Crippen molar-refractivity contribution < 1.29 is 0 Å². The van der Waals surface area contributed by atoms with Crippen LogP contribution < -0.4 is 0 Å². The van der Waals surface area contributed by atoms with Gasteiger partial charge in [0.05, 0.1) is 5.41 Å². The molecular weight excluding hydrogens is 808 g/mol. The van der Waals surface area contributed by atoms with Crippen LogP contribution in [0.15, 0.2) is 82.6 Å². The molecule has 1 atom stereocenters. The van der Waals surface area contributed by atoms with Crippen LogP contribution in [0.25, 0.3) is 23.3 Å². The van der Waals surface area contributed by atoms with E-state index in [2.05, 4.69) is 163 Å². The molecule has 0 fully saturated rings. The fourth-order valence-electron chi connectivity index (χ4n) is 4.88. The van der Waals surface area contributed by atoms with Crippen molar-refractivity contribution in [2.45, 2.75) is 0 Å². The van der Waals surface area contributed by atoms with Gasteiger partial charge in [-0.05, 0) is 142 Å². The van der Waals surface area contributed by atoms with E-state index in [0.29, 0.717) is 0 Å². The Morgan fingerprint density at radius 1 is 0.724 bits per heavy atom. The molecule has 0 bridgehead atoms. The molecule has 0 N–H and O–H groups in total. The molecule has 0 saturated heterocycles. The fraction of sp³-hybridized carbons (Fsp3) is 0.0400. The van der Waals surface area contributed by atoms with E-state index in [1.165, 1.54) is 58.9 Å². The quantitative estimate of drug-likeness (QED) is 0.233. The van der Waals surface area contributed by atoms with Gasteiger partial charge in [-0.1, -0.05) is 54.6 Å². The second kappa shape index (κ2) is 6.90. The molecule has 140 valence electrons. The predicted octanol–water partition coefficient (Wildman–Crippen LogP) is 8.97. The molecule has 0 nitrogen and oxygen atoms in total. The van der Waals surface area contributed by atoms with Crippen molar-refractivity contribution in [3.05, 3.63) is 108 Å².